The molecule has 13 heavy (non-hydrogen) atoms. The molecule has 2 rings (SSSR count). The molecule has 0 saturated carbocycles. The fraction of sp³-hybridized carbons (Fsp3) is 0.222. The Morgan fingerprint density at radius 2 is 2.38 bits per heavy atom. The van der Waals surface area contributed by atoms with Crippen LogP contribution in [-0.2, 0) is 13.5 Å². The standard InChI is InChI=1S/C9H10N4/c1-13-7-11-12-9(13)5-8-3-2-4-10-6-8/h2-4,6-7H,5H2,1H3. The van der Waals surface area contributed by atoms with Crippen molar-refractivity contribution in [2.45, 2.75) is 6.42 Å². The van der Waals surface area contributed by atoms with Crippen LogP contribution >= 0.6 is 0 Å². The Morgan fingerprint density at radius 3 is 3.00 bits per heavy atom. The summed E-state index contributed by atoms with van der Waals surface area (Å²) in [6, 6.07) is 3.95. The molecule has 0 aliphatic rings. The number of pyridine rings is 1. The van der Waals surface area contributed by atoms with E-state index in [1.165, 1.54) is 0 Å². The average molecular weight is 174 g/mol. The molecule has 0 bridgehead atoms. The van der Waals surface area contributed by atoms with E-state index in [0.717, 1.165) is 17.8 Å². The van der Waals surface area contributed by atoms with Gasteiger partial charge in [-0.3, -0.25) is 4.98 Å². The number of aromatic nitrogens is 4. The first-order chi connectivity index (χ1) is 6.36. The molecule has 0 radical (unpaired) electrons. The van der Waals surface area contributed by atoms with Crippen molar-refractivity contribution in [3.05, 3.63) is 42.2 Å². The van der Waals surface area contributed by atoms with Gasteiger partial charge in [0.2, 0.25) is 0 Å². The third-order valence-electron chi connectivity index (χ3n) is 1.89. The lowest BCUT2D eigenvalue weighted by molar-refractivity contribution is 0.819. The van der Waals surface area contributed by atoms with Gasteiger partial charge in [0.1, 0.15) is 12.2 Å². The summed E-state index contributed by atoms with van der Waals surface area (Å²) in [5.74, 6) is 0.952. The van der Waals surface area contributed by atoms with Crippen LogP contribution in [0.15, 0.2) is 30.9 Å². The highest BCUT2D eigenvalue weighted by Crippen LogP contribution is 2.03. The van der Waals surface area contributed by atoms with Gasteiger partial charge in [0, 0.05) is 25.9 Å². The van der Waals surface area contributed by atoms with Gasteiger partial charge in [0.15, 0.2) is 0 Å². The van der Waals surface area contributed by atoms with Gasteiger partial charge in [0.25, 0.3) is 0 Å². The zero-order chi connectivity index (χ0) is 9.10. The second-order valence-electron chi connectivity index (χ2n) is 2.90. The Hall–Kier alpha value is -1.71. The summed E-state index contributed by atoms with van der Waals surface area (Å²) in [7, 11) is 1.94. The van der Waals surface area contributed by atoms with Gasteiger partial charge < -0.3 is 4.57 Å². The minimum atomic E-state index is 0.782. The second kappa shape index (κ2) is 3.35. The van der Waals surface area contributed by atoms with E-state index in [4.69, 9.17) is 0 Å². The van der Waals surface area contributed by atoms with Crippen LogP contribution in [0.5, 0.6) is 0 Å². The van der Waals surface area contributed by atoms with Crippen molar-refractivity contribution in [2.75, 3.05) is 0 Å². The van der Waals surface area contributed by atoms with E-state index in [1.54, 1.807) is 12.5 Å². The Balaban J connectivity index is 2.20. The van der Waals surface area contributed by atoms with Crippen molar-refractivity contribution in [3.8, 4) is 0 Å². The zero-order valence-corrected chi connectivity index (χ0v) is 7.38. The molecule has 2 aromatic heterocycles. The van der Waals surface area contributed by atoms with E-state index in [0.29, 0.717) is 0 Å². The van der Waals surface area contributed by atoms with E-state index >= 15 is 0 Å². The summed E-state index contributed by atoms with van der Waals surface area (Å²) in [4.78, 5) is 4.04. The van der Waals surface area contributed by atoms with Crippen LogP contribution in [0.25, 0.3) is 0 Å². The average Bonchev–Trinajstić information content (AvgIpc) is 2.54. The molecular weight excluding hydrogens is 164 g/mol. The Kier molecular flexibility index (Phi) is 2.04. The molecule has 0 N–H and O–H groups in total. The molecule has 0 amide bonds. The predicted octanol–water partition coefficient (Wildman–Crippen LogP) is 0.801. The molecule has 0 unspecified atom stereocenters. The number of nitrogens with zero attached hydrogens (tertiary/aromatic N) is 4. The summed E-state index contributed by atoms with van der Waals surface area (Å²) >= 11 is 0. The number of aryl methyl sites for hydroxylation is 1. The summed E-state index contributed by atoms with van der Waals surface area (Å²) in [6.45, 7) is 0. The minimum Gasteiger partial charge on any atom is -0.320 e. The quantitative estimate of drug-likeness (QED) is 0.676. The molecule has 0 aliphatic heterocycles. The van der Waals surface area contributed by atoms with E-state index in [2.05, 4.69) is 15.2 Å². The van der Waals surface area contributed by atoms with Crippen LogP contribution in [0, 0.1) is 0 Å². The Morgan fingerprint density at radius 1 is 1.46 bits per heavy atom. The SMILES string of the molecule is Cn1cnnc1Cc1cccnc1. The van der Waals surface area contributed by atoms with Crippen molar-refractivity contribution in [1.29, 1.82) is 0 Å². The minimum absolute atomic E-state index is 0.782. The maximum absolute atomic E-state index is 4.04. The first kappa shape index (κ1) is 7.91. The van der Waals surface area contributed by atoms with E-state index < -0.39 is 0 Å². The van der Waals surface area contributed by atoms with Crippen LogP contribution in [-0.4, -0.2) is 19.7 Å². The van der Waals surface area contributed by atoms with E-state index in [9.17, 15) is 0 Å². The number of rotatable bonds is 2. The molecule has 2 aromatic rings. The molecule has 0 atom stereocenters. The molecule has 0 aromatic carbocycles. The smallest absolute Gasteiger partial charge is 0.137 e. The first-order valence-electron chi connectivity index (χ1n) is 4.08. The largest absolute Gasteiger partial charge is 0.320 e. The third-order valence-corrected chi connectivity index (χ3v) is 1.89. The van der Waals surface area contributed by atoms with Crippen molar-refractivity contribution in [2.24, 2.45) is 7.05 Å². The topological polar surface area (TPSA) is 43.6 Å². The Bertz CT molecular complexity index is 380. The molecular formula is C9H10N4. The van der Waals surface area contributed by atoms with Gasteiger partial charge >= 0.3 is 0 Å². The van der Waals surface area contributed by atoms with E-state index in [1.807, 2.05) is 29.9 Å². The second-order valence-corrected chi connectivity index (χ2v) is 2.90. The zero-order valence-electron chi connectivity index (χ0n) is 7.38. The van der Waals surface area contributed by atoms with Crippen molar-refractivity contribution in [1.82, 2.24) is 19.7 Å². The van der Waals surface area contributed by atoms with Crippen LogP contribution in [0.1, 0.15) is 11.4 Å². The molecule has 66 valence electrons. The molecule has 2 heterocycles. The van der Waals surface area contributed by atoms with Crippen molar-refractivity contribution >= 4 is 0 Å². The van der Waals surface area contributed by atoms with Gasteiger partial charge in [-0.2, -0.15) is 0 Å². The normalized spacial score (nSPS) is 10.2. The fourth-order valence-corrected chi connectivity index (χ4v) is 1.15. The Labute approximate surface area is 76.3 Å². The first-order valence-corrected chi connectivity index (χ1v) is 4.08. The van der Waals surface area contributed by atoms with Gasteiger partial charge in [-0.05, 0) is 11.6 Å². The van der Waals surface area contributed by atoms with Gasteiger partial charge in [-0.15, -0.1) is 10.2 Å². The van der Waals surface area contributed by atoms with Gasteiger partial charge in [-0.1, -0.05) is 6.07 Å². The molecule has 0 saturated heterocycles. The summed E-state index contributed by atoms with van der Waals surface area (Å²) in [5.41, 5.74) is 1.15. The lowest BCUT2D eigenvalue weighted by atomic mass is 10.2. The monoisotopic (exact) mass is 174 g/mol. The van der Waals surface area contributed by atoms with Crippen molar-refractivity contribution in [3.63, 3.8) is 0 Å². The fourth-order valence-electron chi connectivity index (χ4n) is 1.15. The summed E-state index contributed by atoms with van der Waals surface area (Å²) < 4.78 is 1.91. The molecule has 0 fully saturated rings. The van der Waals surface area contributed by atoms with Crippen LogP contribution < -0.4 is 0 Å². The molecule has 0 spiro atoms. The highest BCUT2D eigenvalue weighted by Gasteiger charge is 2.01. The molecule has 4 heteroatoms. The van der Waals surface area contributed by atoms with Gasteiger partial charge in [-0.25, -0.2) is 0 Å². The maximum atomic E-state index is 4.04. The lowest BCUT2D eigenvalue weighted by Crippen LogP contribution is -1.98. The molecule has 0 aliphatic carbocycles. The summed E-state index contributed by atoms with van der Waals surface area (Å²) in [6.07, 6.45) is 6.09. The number of hydrogen-bond donors (Lipinski definition) is 0. The van der Waals surface area contributed by atoms with Gasteiger partial charge in [0.05, 0.1) is 0 Å². The van der Waals surface area contributed by atoms with E-state index in [-0.39, 0.29) is 0 Å². The van der Waals surface area contributed by atoms with Crippen LogP contribution in [0.4, 0.5) is 0 Å². The third kappa shape index (κ3) is 1.72. The molecule has 4 nitrogen and oxygen atoms in total. The highest BCUT2D eigenvalue weighted by molar-refractivity contribution is 5.13. The maximum Gasteiger partial charge on any atom is 0.137 e. The highest BCUT2D eigenvalue weighted by atomic mass is 15.2. The summed E-state index contributed by atoms with van der Waals surface area (Å²) in [5, 5.41) is 7.81. The number of hydrogen-bond acceptors (Lipinski definition) is 3. The van der Waals surface area contributed by atoms with Crippen LogP contribution in [0.3, 0.4) is 0 Å². The van der Waals surface area contributed by atoms with Crippen molar-refractivity contribution < 1.29 is 0 Å². The van der Waals surface area contributed by atoms with Crippen LogP contribution in [0.2, 0.25) is 0 Å². The lowest BCUT2D eigenvalue weighted by Gasteiger charge is -1.98. The predicted molar refractivity (Wildman–Crippen MR) is 48.0 cm³/mol.